The molecule has 3 rings (SSSR count). The van der Waals surface area contributed by atoms with Gasteiger partial charge in [0.15, 0.2) is 0 Å². The van der Waals surface area contributed by atoms with Crippen LogP contribution in [-0.2, 0) is 9.53 Å². The van der Waals surface area contributed by atoms with Gasteiger partial charge in [-0.15, -0.1) is 0 Å². The quantitative estimate of drug-likeness (QED) is 0.783. The predicted octanol–water partition coefficient (Wildman–Crippen LogP) is 2.19. The number of amides is 2. The molecule has 0 radical (unpaired) electrons. The number of ether oxygens (including phenoxy) is 1. The predicted molar refractivity (Wildman–Crippen MR) is 105 cm³/mol. The lowest BCUT2D eigenvalue weighted by Crippen LogP contribution is -2.53. The maximum Gasteiger partial charge on any atom is 0.254 e. The van der Waals surface area contributed by atoms with Crippen molar-refractivity contribution in [1.29, 1.82) is 0 Å². The number of hydrogen-bond acceptors (Lipinski definition) is 4. The molecule has 0 unspecified atom stereocenters. The average Bonchev–Trinajstić information content (AvgIpc) is 2.72. The van der Waals surface area contributed by atoms with E-state index in [1.807, 2.05) is 4.90 Å². The van der Waals surface area contributed by atoms with E-state index >= 15 is 0 Å². The normalized spacial score (nSPS) is 18.8. The smallest absolute Gasteiger partial charge is 0.254 e. The number of halogens is 2. The number of hydrogen-bond donors (Lipinski definition) is 1. The van der Waals surface area contributed by atoms with Gasteiger partial charge in [0.1, 0.15) is 11.6 Å². The van der Waals surface area contributed by atoms with Gasteiger partial charge in [0.05, 0.1) is 5.56 Å². The summed E-state index contributed by atoms with van der Waals surface area (Å²) in [5.41, 5.74) is -0.154. The van der Waals surface area contributed by atoms with Gasteiger partial charge in [0.25, 0.3) is 5.91 Å². The van der Waals surface area contributed by atoms with Crippen molar-refractivity contribution < 1.29 is 23.1 Å². The molecule has 2 aliphatic rings. The first kappa shape index (κ1) is 21.6. The highest BCUT2D eigenvalue weighted by Gasteiger charge is 2.31. The van der Waals surface area contributed by atoms with E-state index in [0.29, 0.717) is 31.2 Å². The summed E-state index contributed by atoms with van der Waals surface area (Å²) < 4.78 is 32.3. The molecule has 0 aromatic heterocycles. The molecular formula is C21H29F2N3O3. The number of nitrogens with zero attached hydrogens (tertiary/aromatic N) is 2. The van der Waals surface area contributed by atoms with Crippen molar-refractivity contribution in [2.24, 2.45) is 0 Å². The highest BCUT2D eigenvalue weighted by Crippen LogP contribution is 2.23. The summed E-state index contributed by atoms with van der Waals surface area (Å²) in [5, 5.41) is 2.76. The van der Waals surface area contributed by atoms with E-state index in [-0.39, 0.29) is 11.5 Å². The molecule has 0 spiro atoms. The van der Waals surface area contributed by atoms with Gasteiger partial charge in [-0.2, -0.15) is 0 Å². The molecule has 2 heterocycles. The molecule has 2 amide bonds. The fourth-order valence-electron chi connectivity index (χ4n) is 4.26. The van der Waals surface area contributed by atoms with Crippen molar-refractivity contribution in [3.8, 4) is 0 Å². The lowest BCUT2D eigenvalue weighted by Gasteiger charge is -2.43. The second-order valence-corrected chi connectivity index (χ2v) is 7.70. The molecule has 160 valence electrons. The number of carbonyl (C=O) groups is 2. The van der Waals surface area contributed by atoms with Crippen LogP contribution in [0.25, 0.3) is 0 Å². The SMILES string of the molecule is CC(=O)N1CCC(N(CCNC(=O)c2ccc(F)cc2F)C2CCOCC2)CC1. The number of piperidine rings is 1. The molecule has 2 saturated heterocycles. The summed E-state index contributed by atoms with van der Waals surface area (Å²) in [7, 11) is 0. The molecule has 29 heavy (non-hydrogen) atoms. The summed E-state index contributed by atoms with van der Waals surface area (Å²) in [5.74, 6) is -2.00. The summed E-state index contributed by atoms with van der Waals surface area (Å²) >= 11 is 0. The minimum atomic E-state index is -0.861. The molecule has 1 N–H and O–H groups in total. The van der Waals surface area contributed by atoms with Crippen LogP contribution in [0.1, 0.15) is 43.0 Å². The number of carbonyl (C=O) groups excluding carboxylic acids is 2. The van der Waals surface area contributed by atoms with E-state index in [9.17, 15) is 18.4 Å². The average molecular weight is 409 g/mol. The Balaban J connectivity index is 1.58. The van der Waals surface area contributed by atoms with Crippen LogP contribution in [0.3, 0.4) is 0 Å². The maximum atomic E-state index is 13.8. The number of rotatable bonds is 6. The Kier molecular flexibility index (Phi) is 7.55. The second kappa shape index (κ2) is 10.1. The molecule has 6 nitrogen and oxygen atoms in total. The van der Waals surface area contributed by atoms with Crippen LogP contribution in [0.15, 0.2) is 18.2 Å². The van der Waals surface area contributed by atoms with Crippen molar-refractivity contribution in [3.05, 3.63) is 35.4 Å². The van der Waals surface area contributed by atoms with Gasteiger partial charge in [-0.1, -0.05) is 0 Å². The van der Waals surface area contributed by atoms with Gasteiger partial charge in [0, 0.05) is 64.5 Å². The first-order valence-electron chi connectivity index (χ1n) is 10.3. The third kappa shape index (κ3) is 5.73. The topological polar surface area (TPSA) is 61.9 Å². The molecular weight excluding hydrogens is 380 g/mol. The van der Waals surface area contributed by atoms with E-state index in [1.54, 1.807) is 6.92 Å². The van der Waals surface area contributed by atoms with Crippen molar-refractivity contribution in [2.75, 3.05) is 39.4 Å². The number of benzene rings is 1. The van der Waals surface area contributed by atoms with Gasteiger partial charge in [-0.05, 0) is 37.8 Å². The molecule has 0 saturated carbocycles. The highest BCUT2D eigenvalue weighted by atomic mass is 19.1. The summed E-state index contributed by atoms with van der Waals surface area (Å²) in [6, 6.07) is 3.67. The van der Waals surface area contributed by atoms with Crippen LogP contribution < -0.4 is 5.32 Å². The molecule has 1 aromatic rings. The summed E-state index contributed by atoms with van der Waals surface area (Å²) in [6.45, 7) is 5.55. The number of likely N-dealkylation sites (tertiary alicyclic amines) is 1. The lowest BCUT2D eigenvalue weighted by atomic mass is 9.98. The van der Waals surface area contributed by atoms with Crippen molar-refractivity contribution in [1.82, 2.24) is 15.1 Å². The third-order valence-electron chi connectivity index (χ3n) is 5.87. The Morgan fingerprint density at radius 1 is 1.14 bits per heavy atom. The van der Waals surface area contributed by atoms with Gasteiger partial charge in [0.2, 0.25) is 5.91 Å². The maximum absolute atomic E-state index is 13.8. The summed E-state index contributed by atoms with van der Waals surface area (Å²) in [6.07, 6.45) is 3.68. The van der Waals surface area contributed by atoms with Gasteiger partial charge < -0.3 is 15.0 Å². The highest BCUT2D eigenvalue weighted by molar-refractivity contribution is 5.94. The Bertz CT molecular complexity index is 717. The van der Waals surface area contributed by atoms with Crippen LogP contribution in [0.5, 0.6) is 0 Å². The van der Waals surface area contributed by atoms with Crippen molar-refractivity contribution in [3.63, 3.8) is 0 Å². The monoisotopic (exact) mass is 409 g/mol. The zero-order chi connectivity index (χ0) is 20.8. The molecule has 0 atom stereocenters. The third-order valence-corrected chi connectivity index (χ3v) is 5.87. The molecule has 2 fully saturated rings. The van der Waals surface area contributed by atoms with Gasteiger partial charge in [-0.25, -0.2) is 8.78 Å². The molecule has 0 aliphatic carbocycles. The lowest BCUT2D eigenvalue weighted by molar-refractivity contribution is -0.130. The fourth-order valence-corrected chi connectivity index (χ4v) is 4.26. The zero-order valence-electron chi connectivity index (χ0n) is 16.8. The van der Waals surface area contributed by atoms with Crippen LogP contribution in [0.4, 0.5) is 8.78 Å². The molecule has 2 aliphatic heterocycles. The summed E-state index contributed by atoms with van der Waals surface area (Å²) in [4.78, 5) is 28.2. The van der Waals surface area contributed by atoms with E-state index in [2.05, 4.69) is 10.2 Å². The van der Waals surface area contributed by atoms with Crippen LogP contribution in [-0.4, -0.2) is 73.1 Å². The van der Waals surface area contributed by atoms with Crippen molar-refractivity contribution >= 4 is 11.8 Å². The first-order chi connectivity index (χ1) is 14.0. The van der Waals surface area contributed by atoms with E-state index in [4.69, 9.17) is 4.74 Å². The number of nitrogens with one attached hydrogen (secondary N) is 1. The van der Waals surface area contributed by atoms with Gasteiger partial charge in [-0.3, -0.25) is 14.5 Å². The first-order valence-corrected chi connectivity index (χ1v) is 10.3. The van der Waals surface area contributed by atoms with Crippen LogP contribution in [0.2, 0.25) is 0 Å². The van der Waals surface area contributed by atoms with Crippen molar-refractivity contribution in [2.45, 2.75) is 44.7 Å². The largest absolute Gasteiger partial charge is 0.381 e. The Hall–Kier alpha value is -2.06. The minimum Gasteiger partial charge on any atom is -0.381 e. The Labute approximate surface area is 170 Å². The van der Waals surface area contributed by atoms with Crippen LogP contribution >= 0.6 is 0 Å². The fraction of sp³-hybridized carbons (Fsp3) is 0.619. The molecule has 0 bridgehead atoms. The Morgan fingerprint density at radius 2 is 1.79 bits per heavy atom. The Morgan fingerprint density at radius 3 is 2.41 bits per heavy atom. The molecule has 8 heteroatoms. The van der Waals surface area contributed by atoms with E-state index in [0.717, 1.165) is 64.1 Å². The molecule has 1 aromatic carbocycles. The second-order valence-electron chi connectivity index (χ2n) is 7.70. The van der Waals surface area contributed by atoms with E-state index in [1.165, 1.54) is 0 Å². The standard InChI is InChI=1S/C21H29F2N3O3/c1-15(27)25-9-4-17(5-10-25)26(18-6-12-29-13-7-18)11-8-24-21(28)19-3-2-16(22)14-20(19)23/h2-3,14,17-18H,4-13H2,1H3,(H,24,28). The van der Waals surface area contributed by atoms with Gasteiger partial charge >= 0.3 is 0 Å². The zero-order valence-corrected chi connectivity index (χ0v) is 16.8. The van der Waals surface area contributed by atoms with E-state index < -0.39 is 17.5 Å². The van der Waals surface area contributed by atoms with Crippen LogP contribution in [0, 0.1) is 11.6 Å². The minimum absolute atomic E-state index is 0.106.